The molecule has 4 saturated carbocycles. The van der Waals surface area contributed by atoms with Crippen LogP contribution in [0.15, 0.2) is 35.5 Å². The first-order chi connectivity index (χ1) is 26.4. The van der Waals surface area contributed by atoms with Gasteiger partial charge in [-0.15, -0.1) is 0 Å². The van der Waals surface area contributed by atoms with Crippen LogP contribution in [0.25, 0.3) is 0 Å². The average molecular weight is 790 g/mol. The lowest BCUT2D eigenvalue weighted by atomic mass is 9.33. The van der Waals surface area contributed by atoms with Crippen molar-refractivity contribution in [2.24, 2.45) is 56.2 Å². The molecule has 1 amide bonds. The maximum atomic E-state index is 14.3. The Morgan fingerprint density at radius 2 is 1.65 bits per heavy atom. The molecule has 0 aromatic carbocycles. The fraction of sp³-hybridized carbons (Fsp3) is 0.766. The van der Waals surface area contributed by atoms with E-state index in [-0.39, 0.29) is 70.8 Å². The van der Waals surface area contributed by atoms with Gasteiger partial charge in [-0.05, 0) is 137 Å². The van der Waals surface area contributed by atoms with E-state index < -0.39 is 28.9 Å². The Kier molecular flexibility index (Phi) is 11.6. The summed E-state index contributed by atoms with van der Waals surface area (Å²) in [6, 6.07) is 5.68. The van der Waals surface area contributed by atoms with Crippen molar-refractivity contribution >= 4 is 23.6 Å². The lowest BCUT2D eigenvalue weighted by molar-refractivity contribution is -0.235. The molecule has 316 valence electrons. The van der Waals surface area contributed by atoms with Gasteiger partial charge in [0.1, 0.15) is 6.10 Å². The molecule has 0 saturated heterocycles. The van der Waals surface area contributed by atoms with E-state index in [1.54, 1.807) is 24.9 Å². The summed E-state index contributed by atoms with van der Waals surface area (Å²) in [6.45, 7) is 20.1. The van der Waals surface area contributed by atoms with E-state index >= 15 is 0 Å². The number of aliphatic hydroxyl groups excluding tert-OH is 1. The van der Waals surface area contributed by atoms with Gasteiger partial charge in [-0.25, -0.2) is 0 Å². The van der Waals surface area contributed by atoms with E-state index in [0.29, 0.717) is 31.2 Å². The van der Waals surface area contributed by atoms with E-state index in [0.717, 1.165) is 56.2 Å². The molecular formula is C47H71N3O7. The first-order valence-electron chi connectivity index (χ1n) is 21.7. The number of esters is 1. The third-order valence-electron chi connectivity index (χ3n) is 16.8. The number of likely N-dealkylation sites (N-methyl/N-ethyl adjacent to an activating group) is 1. The molecule has 0 spiro atoms. The van der Waals surface area contributed by atoms with E-state index in [1.807, 2.05) is 37.2 Å². The zero-order valence-corrected chi connectivity index (χ0v) is 36.7. The van der Waals surface area contributed by atoms with Crippen molar-refractivity contribution in [2.75, 3.05) is 27.2 Å². The van der Waals surface area contributed by atoms with E-state index in [4.69, 9.17) is 4.74 Å². The number of ether oxygens (including phenoxy) is 1. The van der Waals surface area contributed by atoms with Crippen LogP contribution in [0.5, 0.6) is 0 Å². The minimum Gasteiger partial charge on any atom is -0.481 e. The van der Waals surface area contributed by atoms with Gasteiger partial charge in [0, 0.05) is 30.0 Å². The molecule has 0 bridgehead atoms. The smallest absolute Gasteiger partial charge is 0.309 e. The van der Waals surface area contributed by atoms with Gasteiger partial charge in [-0.1, -0.05) is 60.1 Å². The molecule has 0 aliphatic heterocycles. The summed E-state index contributed by atoms with van der Waals surface area (Å²) >= 11 is 0. The third-order valence-corrected chi connectivity index (χ3v) is 16.8. The number of carboxylic acid groups (broad SMARTS) is 1. The van der Waals surface area contributed by atoms with E-state index in [1.165, 1.54) is 5.57 Å². The number of rotatable bonds is 12. The van der Waals surface area contributed by atoms with Crippen LogP contribution in [0.3, 0.4) is 0 Å². The summed E-state index contributed by atoms with van der Waals surface area (Å²) in [4.78, 5) is 61.1. The number of carbonyl (C=O) groups is 4. The Bertz CT molecular complexity index is 1770. The number of aliphatic carboxylic acids is 1. The SMILES string of the molecule is CC(C)C1=C2[C@H]3CC[C@@H]4[C@@]5(C)CC[C@H](OC(=O)CC(C)(C)C(=O)O)C(C)(C)[C@@H]5CC[C@@]4(C)[C@]3(C)CC[C@@]2([C@@H](O)CN(Cc2ccccn2)C(=O)CN(C)C)CC1=O. The van der Waals surface area contributed by atoms with Gasteiger partial charge in [-0.3, -0.25) is 24.2 Å². The molecular weight excluding hydrogens is 719 g/mol. The van der Waals surface area contributed by atoms with E-state index in [2.05, 4.69) is 53.5 Å². The summed E-state index contributed by atoms with van der Waals surface area (Å²) in [6.07, 6.45) is 8.01. The van der Waals surface area contributed by atoms with Crippen LogP contribution in [-0.4, -0.2) is 88.0 Å². The quantitative estimate of drug-likeness (QED) is 0.204. The molecule has 5 aliphatic carbocycles. The molecule has 10 heteroatoms. The second kappa shape index (κ2) is 15.2. The summed E-state index contributed by atoms with van der Waals surface area (Å²) < 4.78 is 6.18. The van der Waals surface area contributed by atoms with Gasteiger partial charge >= 0.3 is 11.9 Å². The van der Waals surface area contributed by atoms with Gasteiger partial charge in [0.2, 0.25) is 5.91 Å². The fourth-order valence-electron chi connectivity index (χ4n) is 13.6. The number of fused-ring (bicyclic) bond motifs is 7. The maximum Gasteiger partial charge on any atom is 0.309 e. The highest BCUT2D eigenvalue weighted by Crippen LogP contribution is 2.77. The highest BCUT2D eigenvalue weighted by Gasteiger charge is 2.71. The molecule has 5 aliphatic rings. The second-order valence-corrected chi connectivity index (χ2v) is 21.4. The predicted molar refractivity (Wildman–Crippen MR) is 220 cm³/mol. The van der Waals surface area contributed by atoms with Gasteiger partial charge in [-0.2, -0.15) is 0 Å². The zero-order valence-electron chi connectivity index (χ0n) is 36.7. The molecule has 1 aromatic rings. The number of carbonyl (C=O) groups excluding carboxylic acids is 3. The van der Waals surface area contributed by atoms with Crippen LogP contribution in [0.4, 0.5) is 0 Å². The molecule has 2 N–H and O–H groups in total. The Morgan fingerprint density at radius 1 is 0.947 bits per heavy atom. The number of nitrogens with zero attached hydrogens (tertiary/aromatic N) is 3. The van der Waals surface area contributed by atoms with Crippen LogP contribution in [0, 0.1) is 56.2 Å². The highest BCUT2D eigenvalue weighted by molar-refractivity contribution is 6.00. The summed E-state index contributed by atoms with van der Waals surface area (Å²) in [5, 5.41) is 22.2. The van der Waals surface area contributed by atoms with Crippen molar-refractivity contribution < 1.29 is 34.1 Å². The lowest BCUT2D eigenvalue weighted by Gasteiger charge is -2.72. The number of hydrogen-bond donors (Lipinski definition) is 2. The Labute approximate surface area is 341 Å². The van der Waals surface area contributed by atoms with Gasteiger partial charge < -0.3 is 24.7 Å². The molecule has 10 nitrogen and oxygen atoms in total. The number of pyridine rings is 1. The minimum atomic E-state index is -1.18. The molecule has 0 radical (unpaired) electrons. The van der Waals surface area contributed by atoms with Crippen molar-refractivity contribution in [3.05, 3.63) is 41.2 Å². The molecule has 1 aromatic heterocycles. The zero-order chi connectivity index (χ0) is 42.1. The molecule has 1 heterocycles. The molecule has 57 heavy (non-hydrogen) atoms. The molecule has 4 fully saturated rings. The third kappa shape index (κ3) is 7.20. The summed E-state index contributed by atoms with van der Waals surface area (Å²) in [7, 11) is 3.74. The number of aliphatic hydroxyl groups is 1. The predicted octanol–water partition coefficient (Wildman–Crippen LogP) is 7.73. The van der Waals surface area contributed by atoms with Crippen molar-refractivity contribution in [1.29, 1.82) is 0 Å². The topological polar surface area (TPSA) is 137 Å². The largest absolute Gasteiger partial charge is 0.481 e. The van der Waals surface area contributed by atoms with Crippen molar-refractivity contribution in [1.82, 2.24) is 14.8 Å². The van der Waals surface area contributed by atoms with Crippen molar-refractivity contribution in [2.45, 2.75) is 145 Å². The number of Topliss-reactive ketones (excluding diaryl/α,β-unsaturated/α-hetero) is 1. The van der Waals surface area contributed by atoms with Crippen LogP contribution in [-0.2, 0) is 30.5 Å². The number of aromatic nitrogens is 1. The first kappa shape index (κ1) is 43.5. The second-order valence-electron chi connectivity index (χ2n) is 21.4. The van der Waals surface area contributed by atoms with Crippen LogP contribution in [0.2, 0.25) is 0 Å². The monoisotopic (exact) mass is 790 g/mol. The number of hydrogen-bond acceptors (Lipinski definition) is 8. The Hall–Kier alpha value is -3.11. The normalized spacial score (nSPS) is 35.2. The summed E-state index contributed by atoms with van der Waals surface area (Å²) in [5.41, 5.74) is 0.583. The minimum absolute atomic E-state index is 0.0152. The van der Waals surface area contributed by atoms with Gasteiger partial charge in [0.15, 0.2) is 5.78 Å². The number of allylic oxidation sites excluding steroid dienone is 1. The number of carboxylic acids is 1. The Balaban J connectivity index is 1.30. The standard InChI is InChI=1S/C47H71N3O7/c1-29(2)39-32(51)24-47(35(52)27-50(37(53)28-49(10)11)26-30-14-12-13-23-48-30)22-21-45(8)31(40(39)47)15-16-34-44(7)19-18-36(57-38(54)25-42(3,4)41(55)56)43(5,6)33(44)17-20-46(34,45)9/h12-14,23,29,31,33-36,52H,15-22,24-28H2,1-11H3,(H,55,56)/t31-,33+,34-,35+,36+,44+,45-,46-,47+/m1/s1. The Morgan fingerprint density at radius 3 is 2.26 bits per heavy atom. The molecule has 0 unspecified atom stereocenters. The van der Waals surface area contributed by atoms with Crippen LogP contribution < -0.4 is 0 Å². The number of ketones is 1. The average Bonchev–Trinajstić information content (AvgIpc) is 3.42. The number of amides is 1. The first-order valence-corrected chi connectivity index (χ1v) is 21.7. The molecule has 6 rings (SSSR count). The van der Waals surface area contributed by atoms with E-state index in [9.17, 15) is 29.4 Å². The molecule has 9 atom stereocenters. The van der Waals surface area contributed by atoms with Gasteiger partial charge in [0.05, 0.1) is 36.7 Å². The van der Waals surface area contributed by atoms with Crippen molar-refractivity contribution in [3.8, 4) is 0 Å². The summed E-state index contributed by atoms with van der Waals surface area (Å²) in [5.74, 6) is -0.419. The highest BCUT2D eigenvalue weighted by atomic mass is 16.5. The van der Waals surface area contributed by atoms with Crippen molar-refractivity contribution in [3.63, 3.8) is 0 Å². The van der Waals surface area contributed by atoms with Crippen LogP contribution >= 0.6 is 0 Å². The lowest BCUT2D eigenvalue weighted by Crippen LogP contribution is -2.66. The van der Waals surface area contributed by atoms with Gasteiger partial charge in [0.25, 0.3) is 0 Å². The maximum absolute atomic E-state index is 14.3. The van der Waals surface area contributed by atoms with Crippen LogP contribution in [0.1, 0.15) is 132 Å². The fourth-order valence-corrected chi connectivity index (χ4v) is 13.6.